The van der Waals surface area contributed by atoms with Gasteiger partial charge in [0, 0.05) is 28.7 Å². The zero-order chi connectivity index (χ0) is 31.6. The lowest BCUT2D eigenvalue weighted by atomic mass is 10.1. The fourth-order valence-corrected chi connectivity index (χ4v) is 6.45. The Labute approximate surface area is 263 Å². The maximum atomic E-state index is 14.3. The Kier molecular flexibility index (Phi) is 12.5. The first kappa shape index (κ1) is 34.0. The molecule has 0 saturated carbocycles. The third-order valence-electron chi connectivity index (χ3n) is 6.89. The van der Waals surface area contributed by atoms with Crippen molar-refractivity contribution >= 4 is 50.7 Å². The van der Waals surface area contributed by atoms with Crippen LogP contribution in [0.2, 0.25) is 10.0 Å². The van der Waals surface area contributed by atoms with Crippen LogP contribution in [0.5, 0.6) is 11.5 Å². The molecule has 43 heavy (non-hydrogen) atoms. The van der Waals surface area contributed by atoms with Crippen LogP contribution in [0.25, 0.3) is 0 Å². The molecule has 0 heterocycles. The summed E-state index contributed by atoms with van der Waals surface area (Å²) in [7, 11) is -1.41. The van der Waals surface area contributed by atoms with Crippen LogP contribution in [-0.2, 0) is 26.2 Å². The smallest absolute Gasteiger partial charge is 0.264 e. The van der Waals surface area contributed by atoms with E-state index in [0.29, 0.717) is 27.9 Å². The van der Waals surface area contributed by atoms with Gasteiger partial charge in [-0.15, -0.1) is 0 Å². The standard InChI is InChI=1S/C31H37Cl2N3O6S/c1-5-7-19-34-31(38)27(6-2)35(20-24-25(32)11-10-12-26(24)33)30(37)21-36(28-13-8-9-14-29(28)42-4)43(39,40)23-17-15-22(41-3)16-18-23/h8-18,27H,5-7,19-21H2,1-4H3,(H,34,38)/t27-/m0/s1. The summed E-state index contributed by atoms with van der Waals surface area (Å²) in [5, 5.41) is 3.53. The molecule has 0 spiro atoms. The van der Waals surface area contributed by atoms with Gasteiger partial charge in [-0.05, 0) is 61.4 Å². The van der Waals surface area contributed by atoms with Crippen molar-refractivity contribution in [1.29, 1.82) is 0 Å². The number of rotatable bonds is 15. The number of sulfonamides is 1. The average Bonchev–Trinajstić information content (AvgIpc) is 3.01. The summed E-state index contributed by atoms with van der Waals surface area (Å²) in [4.78, 5) is 28.9. The number of para-hydroxylation sites is 2. The van der Waals surface area contributed by atoms with Crippen molar-refractivity contribution < 1.29 is 27.5 Å². The van der Waals surface area contributed by atoms with Crippen LogP contribution in [0.15, 0.2) is 71.6 Å². The van der Waals surface area contributed by atoms with Gasteiger partial charge in [0.15, 0.2) is 0 Å². The summed E-state index contributed by atoms with van der Waals surface area (Å²) in [6.45, 7) is 3.49. The van der Waals surface area contributed by atoms with Crippen molar-refractivity contribution in [3.8, 4) is 11.5 Å². The SMILES string of the molecule is CCCCNC(=O)[C@H](CC)N(Cc1c(Cl)cccc1Cl)C(=O)CN(c1ccccc1OC)S(=O)(=O)c1ccc(OC)cc1. The third kappa shape index (κ3) is 8.34. The zero-order valence-corrected chi connectivity index (χ0v) is 27.0. The quantitative estimate of drug-likeness (QED) is 0.205. The predicted octanol–water partition coefficient (Wildman–Crippen LogP) is 5.93. The number of methoxy groups -OCH3 is 2. The van der Waals surface area contributed by atoms with Gasteiger partial charge < -0.3 is 19.7 Å². The van der Waals surface area contributed by atoms with E-state index in [1.807, 2.05) is 6.92 Å². The van der Waals surface area contributed by atoms with Crippen molar-refractivity contribution in [1.82, 2.24) is 10.2 Å². The van der Waals surface area contributed by atoms with E-state index in [1.54, 1.807) is 49.4 Å². The van der Waals surface area contributed by atoms with E-state index in [9.17, 15) is 18.0 Å². The monoisotopic (exact) mass is 649 g/mol. The highest BCUT2D eigenvalue weighted by atomic mass is 35.5. The van der Waals surface area contributed by atoms with Gasteiger partial charge in [-0.1, -0.05) is 61.7 Å². The molecule has 3 aromatic rings. The summed E-state index contributed by atoms with van der Waals surface area (Å²) >= 11 is 12.9. The Hall–Kier alpha value is -3.47. The number of benzene rings is 3. The van der Waals surface area contributed by atoms with E-state index in [1.165, 1.54) is 43.4 Å². The van der Waals surface area contributed by atoms with Crippen LogP contribution >= 0.6 is 23.2 Å². The fraction of sp³-hybridized carbons (Fsp3) is 0.355. The van der Waals surface area contributed by atoms with Crippen molar-refractivity contribution in [2.45, 2.75) is 50.6 Å². The lowest BCUT2D eigenvalue weighted by Gasteiger charge is -2.33. The van der Waals surface area contributed by atoms with E-state index >= 15 is 0 Å². The van der Waals surface area contributed by atoms with E-state index in [-0.39, 0.29) is 35.2 Å². The Morgan fingerprint density at radius 1 is 0.907 bits per heavy atom. The molecule has 0 saturated heterocycles. The second kappa shape index (κ2) is 15.8. The van der Waals surface area contributed by atoms with Crippen molar-refractivity contribution in [3.05, 3.63) is 82.3 Å². The van der Waals surface area contributed by atoms with Gasteiger partial charge in [0.25, 0.3) is 10.0 Å². The summed E-state index contributed by atoms with van der Waals surface area (Å²) in [5.74, 6) is -0.259. The third-order valence-corrected chi connectivity index (χ3v) is 9.37. The Morgan fingerprint density at radius 3 is 2.14 bits per heavy atom. The normalized spacial score (nSPS) is 11.9. The molecule has 9 nitrogen and oxygen atoms in total. The minimum atomic E-state index is -4.30. The highest BCUT2D eigenvalue weighted by molar-refractivity contribution is 7.92. The summed E-state index contributed by atoms with van der Waals surface area (Å²) in [6.07, 6.45) is 1.92. The van der Waals surface area contributed by atoms with E-state index in [2.05, 4.69) is 5.32 Å². The van der Waals surface area contributed by atoms with Crippen LogP contribution in [0.4, 0.5) is 5.69 Å². The highest BCUT2D eigenvalue weighted by Crippen LogP contribution is 2.33. The van der Waals surface area contributed by atoms with Gasteiger partial charge in [-0.25, -0.2) is 8.42 Å². The Morgan fingerprint density at radius 2 is 1.56 bits per heavy atom. The minimum absolute atomic E-state index is 0.0583. The molecule has 232 valence electrons. The van der Waals surface area contributed by atoms with Gasteiger partial charge in [0.2, 0.25) is 11.8 Å². The predicted molar refractivity (Wildman–Crippen MR) is 170 cm³/mol. The second-order valence-corrected chi connectivity index (χ2v) is 12.3. The molecule has 0 fully saturated rings. The summed E-state index contributed by atoms with van der Waals surface area (Å²) < 4.78 is 39.9. The maximum Gasteiger partial charge on any atom is 0.264 e. The molecule has 0 aliphatic heterocycles. The van der Waals surface area contributed by atoms with Gasteiger partial charge in [0.05, 0.1) is 24.8 Å². The molecule has 0 aromatic heterocycles. The zero-order valence-electron chi connectivity index (χ0n) is 24.7. The van der Waals surface area contributed by atoms with Crippen LogP contribution in [-0.4, -0.2) is 58.5 Å². The van der Waals surface area contributed by atoms with Crippen molar-refractivity contribution in [3.63, 3.8) is 0 Å². The lowest BCUT2D eigenvalue weighted by Crippen LogP contribution is -2.52. The number of ether oxygens (including phenoxy) is 2. The summed E-state index contributed by atoms with van der Waals surface area (Å²) in [5.41, 5.74) is 0.603. The van der Waals surface area contributed by atoms with E-state index in [4.69, 9.17) is 32.7 Å². The number of amides is 2. The number of carbonyl (C=O) groups excluding carboxylic acids is 2. The van der Waals surface area contributed by atoms with Gasteiger partial charge in [0.1, 0.15) is 24.1 Å². The van der Waals surface area contributed by atoms with Crippen LogP contribution in [0, 0.1) is 0 Å². The Bertz CT molecular complexity index is 1480. The maximum absolute atomic E-state index is 14.3. The molecule has 0 aliphatic carbocycles. The molecule has 0 aliphatic rings. The molecular weight excluding hydrogens is 613 g/mol. The molecule has 12 heteroatoms. The molecule has 3 aromatic carbocycles. The number of anilines is 1. The topological polar surface area (TPSA) is 105 Å². The molecule has 0 bridgehead atoms. The summed E-state index contributed by atoms with van der Waals surface area (Å²) in [6, 6.07) is 16.4. The molecule has 1 N–H and O–H groups in total. The Balaban J connectivity index is 2.11. The minimum Gasteiger partial charge on any atom is -0.497 e. The first-order valence-corrected chi connectivity index (χ1v) is 16.1. The molecule has 3 rings (SSSR count). The second-order valence-electron chi connectivity index (χ2n) is 9.65. The van der Waals surface area contributed by atoms with Crippen molar-refractivity contribution in [2.75, 3.05) is 31.6 Å². The number of nitrogens with one attached hydrogen (secondary N) is 1. The molecule has 2 amide bonds. The van der Waals surface area contributed by atoms with E-state index < -0.39 is 28.5 Å². The number of hydrogen-bond donors (Lipinski definition) is 1. The first-order chi connectivity index (χ1) is 20.6. The van der Waals surface area contributed by atoms with E-state index in [0.717, 1.165) is 17.1 Å². The first-order valence-electron chi connectivity index (χ1n) is 13.9. The fourth-order valence-electron chi connectivity index (χ4n) is 4.50. The number of carbonyl (C=O) groups is 2. The molecule has 0 radical (unpaired) electrons. The largest absolute Gasteiger partial charge is 0.497 e. The highest BCUT2D eigenvalue weighted by Gasteiger charge is 2.35. The number of halogens is 2. The van der Waals surface area contributed by atoms with Gasteiger partial charge in [-0.3, -0.25) is 13.9 Å². The average molecular weight is 651 g/mol. The van der Waals surface area contributed by atoms with Crippen LogP contribution in [0.3, 0.4) is 0 Å². The molecular formula is C31H37Cl2N3O6S. The number of unbranched alkanes of at least 4 members (excludes halogenated alkanes) is 1. The molecule has 0 unspecified atom stereocenters. The van der Waals surface area contributed by atoms with Gasteiger partial charge >= 0.3 is 0 Å². The molecule has 1 atom stereocenters. The number of hydrogen-bond acceptors (Lipinski definition) is 6. The van der Waals surface area contributed by atoms with Crippen LogP contribution in [0.1, 0.15) is 38.7 Å². The van der Waals surface area contributed by atoms with Crippen LogP contribution < -0.4 is 19.1 Å². The van der Waals surface area contributed by atoms with Gasteiger partial charge in [-0.2, -0.15) is 0 Å². The lowest BCUT2D eigenvalue weighted by molar-refractivity contribution is -0.140. The van der Waals surface area contributed by atoms with Crippen molar-refractivity contribution in [2.24, 2.45) is 0 Å². The number of nitrogens with zero attached hydrogens (tertiary/aromatic N) is 2.